The van der Waals surface area contributed by atoms with Gasteiger partial charge in [0.2, 0.25) is 11.8 Å². The SMILES string of the molecule is CCNC(=O)C(Cc1ccccc1)N(Cc1cccc(Cl)c1)C(=O)CN(c1ccccc1OC)S(=O)(=O)c1ccccc1. The normalized spacial score (nSPS) is 11.8. The van der Waals surface area contributed by atoms with Gasteiger partial charge in [0.1, 0.15) is 18.3 Å². The number of anilines is 1. The number of nitrogens with one attached hydrogen (secondary N) is 1. The second kappa shape index (κ2) is 14.7. The number of amides is 2. The van der Waals surface area contributed by atoms with Crippen LogP contribution in [-0.4, -0.2) is 51.4 Å². The van der Waals surface area contributed by atoms with E-state index >= 15 is 0 Å². The summed E-state index contributed by atoms with van der Waals surface area (Å²) < 4.78 is 34.7. The molecule has 0 heterocycles. The summed E-state index contributed by atoms with van der Waals surface area (Å²) in [4.78, 5) is 29.4. The topological polar surface area (TPSA) is 96.0 Å². The van der Waals surface area contributed by atoms with E-state index in [1.54, 1.807) is 67.6 Å². The molecule has 4 aromatic carbocycles. The predicted octanol–water partition coefficient (Wildman–Crippen LogP) is 5.32. The molecule has 0 spiro atoms. The van der Waals surface area contributed by atoms with Crippen LogP contribution in [0.15, 0.2) is 114 Å². The number of carbonyl (C=O) groups is 2. The van der Waals surface area contributed by atoms with Crippen molar-refractivity contribution in [3.8, 4) is 5.75 Å². The van der Waals surface area contributed by atoms with Gasteiger partial charge in [0.25, 0.3) is 10.0 Å². The van der Waals surface area contributed by atoms with Crippen LogP contribution in [0.3, 0.4) is 0 Å². The molecule has 1 unspecified atom stereocenters. The van der Waals surface area contributed by atoms with Crippen molar-refractivity contribution >= 4 is 39.1 Å². The fourth-order valence-corrected chi connectivity index (χ4v) is 6.41. The number of halogens is 1. The van der Waals surface area contributed by atoms with Crippen molar-refractivity contribution in [1.29, 1.82) is 0 Å². The van der Waals surface area contributed by atoms with Gasteiger partial charge in [-0.05, 0) is 54.4 Å². The molecule has 0 radical (unpaired) electrons. The number of nitrogens with zero attached hydrogens (tertiary/aromatic N) is 2. The van der Waals surface area contributed by atoms with E-state index in [-0.39, 0.29) is 35.2 Å². The van der Waals surface area contributed by atoms with Crippen molar-refractivity contribution in [3.63, 3.8) is 0 Å². The molecule has 0 saturated heterocycles. The minimum absolute atomic E-state index is 0.0136. The second-order valence-corrected chi connectivity index (χ2v) is 12.0. The van der Waals surface area contributed by atoms with E-state index in [9.17, 15) is 18.0 Å². The number of rotatable bonds is 13. The number of sulfonamides is 1. The molecule has 2 amide bonds. The van der Waals surface area contributed by atoms with Gasteiger partial charge in [0.05, 0.1) is 17.7 Å². The molecule has 224 valence electrons. The largest absolute Gasteiger partial charge is 0.495 e. The van der Waals surface area contributed by atoms with Crippen LogP contribution in [0.5, 0.6) is 5.75 Å². The van der Waals surface area contributed by atoms with Crippen LogP contribution in [0.2, 0.25) is 5.02 Å². The highest BCUT2D eigenvalue weighted by Crippen LogP contribution is 2.32. The molecule has 0 saturated carbocycles. The van der Waals surface area contributed by atoms with Gasteiger partial charge in [0.15, 0.2) is 0 Å². The van der Waals surface area contributed by atoms with Gasteiger partial charge in [0, 0.05) is 24.5 Å². The molecule has 0 aliphatic heterocycles. The number of hydrogen-bond donors (Lipinski definition) is 1. The number of carbonyl (C=O) groups excluding carboxylic acids is 2. The first-order valence-electron chi connectivity index (χ1n) is 13.8. The van der Waals surface area contributed by atoms with Crippen LogP contribution in [0.25, 0.3) is 0 Å². The number of ether oxygens (including phenoxy) is 1. The predicted molar refractivity (Wildman–Crippen MR) is 169 cm³/mol. The minimum Gasteiger partial charge on any atom is -0.495 e. The molecule has 0 fully saturated rings. The van der Waals surface area contributed by atoms with Crippen molar-refractivity contribution in [2.75, 3.05) is 24.5 Å². The summed E-state index contributed by atoms with van der Waals surface area (Å²) in [5.74, 6) is -0.644. The van der Waals surface area contributed by atoms with Gasteiger partial charge in [-0.3, -0.25) is 13.9 Å². The molecule has 0 bridgehead atoms. The van der Waals surface area contributed by atoms with Gasteiger partial charge < -0.3 is 15.0 Å². The molecule has 4 rings (SSSR count). The molecule has 0 aliphatic rings. The van der Waals surface area contributed by atoms with E-state index in [0.29, 0.717) is 17.1 Å². The summed E-state index contributed by atoms with van der Waals surface area (Å²) in [6.45, 7) is 1.61. The lowest BCUT2D eigenvalue weighted by Crippen LogP contribution is -2.53. The van der Waals surface area contributed by atoms with Crippen LogP contribution in [0, 0.1) is 0 Å². The van der Waals surface area contributed by atoms with E-state index < -0.39 is 28.5 Å². The van der Waals surface area contributed by atoms with Crippen LogP contribution in [-0.2, 0) is 32.6 Å². The van der Waals surface area contributed by atoms with Gasteiger partial charge in [-0.2, -0.15) is 0 Å². The van der Waals surface area contributed by atoms with Gasteiger partial charge in [-0.25, -0.2) is 8.42 Å². The lowest BCUT2D eigenvalue weighted by molar-refractivity contribution is -0.140. The van der Waals surface area contributed by atoms with Crippen molar-refractivity contribution < 1.29 is 22.7 Å². The quantitative estimate of drug-likeness (QED) is 0.219. The molecule has 43 heavy (non-hydrogen) atoms. The first-order valence-corrected chi connectivity index (χ1v) is 15.6. The molecule has 8 nitrogen and oxygen atoms in total. The van der Waals surface area contributed by atoms with E-state index in [1.807, 2.05) is 36.4 Å². The molecule has 0 aromatic heterocycles. The summed E-state index contributed by atoms with van der Waals surface area (Å²) in [7, 11) is -2.79. The Morgan fingerprint density at radius 1 is 0.860 bits per heavy atom. The first-order chi connectivity index (χ1) is 20.7. The highest BCUT2D eigenvalue weighted by Gasteiger charge is 2.35. The van der Waals surface area contributed by atoms with Crippen LogP contribution in [0.4, 0.5) is 5.69 Å². The molecule has 0 aliphatic carbocycles. The Morgan fingerprint density at radius 2 is 1.49 bits per heavy atom. The molecular formula is C33H34ClN3O5S. The van der Waals surface area contributed by atoms with E-state index in [2.05, 4.69) is 5.32 Å². The third kappa shape index (κ3) is 7.94. The third-order valence-electron chi connectivity index (χ3n) is 6.83. The third-order valence-corrected chi connectivity index (χ3v) is 8.84. The van der Waals surface area contributed by atoms with Gasteiger partial charge in [-0.1, -0.05) is 84.4 Å². The van der Waals surface area contributed by atoms with Gasteiger partial charge in [-0.15, -0.1) is 0 Å². The number of para-hydroxylation sites is 2. The number of likely N-dealkylation sites (N-methyl/N-ethyl adjacent to an activating group) is 1. The molecule has 4 aromatic rings. The smallest absolute Gasteiger partial charge is 0.264 e. The Bertz CT molecular complexity index is 1630. The van der Waals surface area contributed by atoms with E-state index in [4.69, 9.17) is 16.3 Å². The maximum atomic E-state index is 14.4. The van der Waals surface area contributed by atoms with Crippen molar-refractivity contribution in [2.24, 2.45) is 0 Å². The summed E-state index contributed by atoms with van der Waals surface area (Å²) in [6.07, 6.45) is 0.221. The van der Waals surface area contributed by atoms with Crippen LogP contribution in [0.1, 0.15) is 18.1 Å². The molecular weight excluding hydrogens is 586 g/mol. The number of methoxy groups -OCH3 is 1. The zero-order valence-corrected chi connectivity index (χ0v) is 25.6. The summed E-state index contributed by atoms with van der Waals surface area (Å²) in [6, 6.07) is 29.9. The highest BCUT2D eigenvalue weighted by atomic mass is 35.5. The fraction of sp³-hybridized carbons (Fsp3) is 0.212. The van der Waals surface area contributed by atoms with E-state index in [1.165, 1.54) is 24.1 Å². The van der Waals surface area contributed by atoms with Crippen LogP contribution >= 0.6 is 11.6 Å². The molecule has 1 atom stereocenters. The highest BCUT2D eigenvalue weighted by molar-refractivity contribution is 7.92. The maximum absolute atomic E-state index is 14.4. The van der Waals surface area contributed by atoms with Crippen molar-refractivity contribution in [1.82, 2.24) is 10.2 Å². The maximum Gasteiger partial charge on any atom is 0.264 e. The van der Waals surface area contributed by atoms with Crippen molar-refractivity contribution in [2.45, 2.75) is 30.8 Å². The van der Waals surface area contributed by atoms with E-state index in [0.717, 1.165) is 9.87 Å². The fourth-order valence-electron chi connectivity index (χ4n) is 4.75. The Labute approximate surface area is 257 Å². The zero-order chi connectivity index (χ0) is 30.8. The number of hydrogen-bond acceptors (Lipinski definition) is 5. The zero-order valence-electron chi connectivity index (χ0n) is 24.0. The first kappa shape index (κ1) is 31.6. The standard InChI is InChI=1S/C33H34ClN3O5S/c1-3-35-33(39)30(22-25-13-6-4-7-14-25)36(23-26-15-12-16-27(34)21-26)32(38)24-37(29-19-10-11-20-31(29)42-2)43(40,41)28-17-8-5-9-18-28/h4-21,30H,3,22-24H2,1-2H3,(H,35,39). The Kier molecular flexibility index (Phi) is 10.8. The number of benzene rings is 4. The second-order valence-electron chi connectivity index (χ2n) is 9.75. The minimum atomic E-state index is -4.23. The van der Waals surface area contributed by atoms with Gasteiger partial charge >= 0.3 is 0 Å². The molecule has 1 N–H and O–H groups in total. The summed E-state index contributed by atoms with van der Waals surface area (Å²) in [5, 5.41) is 3.32. The average molecular weight is 620 g/mol. The van der Waals surface area contributed by atoms with Crippen molar-refractivity contribution in [3.05, 3.63) is 125 Å². The van der Waals surface area contributed by atoms with Crippen LogP contribution < -0.4 is 14.4 Å². The lowest BCUT2D eigenvalue weighted by Gasteiger charge is -2.34. The summed E-state index contributed by atoms with van der Waals surface area (Å²) >= 11 is 6.27. The average Bonchev–Trinajstić information content (AvgIpc) is 3.02. The summed E-state index contributed by atoms with van der Waals surface area (Å²) in [5.41, 5.74) is 1.74. The Balaban J connectivity index is 1.82. The Hall–Kier alpha value is -4.34. The Morgan fingerprint density at radius 3 is 2.14 bits per heavy atom. The molecule has 10 heteroatoms. The monoisotopic (exact) mass is 619 g/mol. The lowest BCUT2D eigenvalue weighted by atomic mass is 10.0.